The summed E-state index contributed by atoms with van der Waals surface area (Å²) in [5.41, 5.74) is 0. The van der Waals surface area contributed by atoms with Gasteiger partial charge in [0.25, 0.3) is 0 Å². The van der Waals surface area contributed by atoms with Crippen LogP contribution in [0.5, 0.6) is 0 Å². The summed E-state index contributed by atoms with van der Waals surface area (Å²) in [4.78, 5) is 38.4. The molecule has 0 rings (SSSR count). The second kappa shape index (κ2) is 59.7. The van der Waals surface area contributed by atoms with Crippen molar-refractivity contribution in [1.82, 2.24) is 0 Å². The smallest absolute Gasteiger partial charge is 0.306 e. The minimum Gasteiger partial charge on any atom is -0.462 e. The maximum atomic E-state index is 12.9. The van der Waals surface area contributed by atoms with Gasteiger partial charge < -0.3 is 14.2 Å². The number of ether oxygens (including phenoxy) is 3. The molecule has 0 aromatic rings. The molecule has 0 saturated heterocycles. The van der Waals surface area contributed by atoms with Crippen LogP contribution in [-0.2, 0) is 28.6 Å². The SMILES string of the molecule is CCCCCCCCCCCCCCCCCCCCC(=O)O[C@H](COC(=O)CCCCCCCCCCCCCCCCCCCCC(C)CC)COC(=O)CCCCCCCCCCCCCCC(C)C. The number of carbonyl (C=O) groups excluding carboxylic acids is 3. The van der Waals surface area contributed by atoms with E-state index in [1.54, 1.807) is 0 Å². The average Bonchev–Trinajstić information content (AvgIpc) is 3.38. The fourth-order valence-electron chi connectivity index (χ4n) is 10.4. The molecule has 0 aliphatic carbocycles. The Kier molecular flexibility index (Phi) is 58.4. The van der Waals surface area contributed by atoms with Gasteiger partial charge in [-0.05, 0) is 31.1 Å². The third-order valence-electron chi connectivity index (χ3n) is 15.8. The topological polar surface area (TPSA) is 78.9 Å². The van der Waals surface area contributed by atoms with Crippen LogP contribution in [0.25, 0.3) is 0 Å². The monoisotopic (exact) mass is 1030 g/mol. The highest BCUT2D eigenvalue weighted by Gasteiger charge is 2.19. The molecule has 0 saturated carbocycles. The molecule has 0 spiro atoms. The van der Waals surface area contributed by atoms with E-state index in [4.69, 9.17) is 14.2 Å². The number of carbonyl (C=O) groups is 3. The van der Waals surface area contributed by atoms with E-state index in [1.165, 1.54) is 270 Å². The molecule has 2 atom stereocenters. The summed E-state index contributed by atoms with van der Waals surface area (Å²) in [7, 11) is 0. The van der Waals surface area contributed by atoms with Crippen LogP contribution < -0.4 is 0 Å². The van der Waals surface area contributed by atoms with E-state index >= 15 is 0 Å². The Bertz CT molecular complexity index is 1120. The molecule has 6 nitrogen and oxygen atoms in total. The highest BCUT2D eigenvalue weighted by atomic mass is 16.6. The van der Waals surface area contributed by atoms with Crippen molar-refractivity contribution in [3.63, 3.8) is 0 Å². The first-order chi connectivity index (χ1) is 35.8. The van der Waals surface area contributed by atoms with E-state index in [-0.39, 0.29) is 31.1 Å². The van der Waals surface area contributed by atoms with Crippen molar-refractivity contribution in [3.8, 4) is 0 Å². The molecule has 0 aromatic carbocycles. The molecule has 434 valence electrons. The van der Waals surface area contributed by atoms with E-state index in [0.29, 0.717) is 19.3 Å². The van der Waals surface area contributed by atoms with Crippen LogP contribution in [0, 0.1) is 11.8 Å². The summed E-state index contributed by atoms with van der Waals surface area (Å²) in [6.07, 6.45) is 66.8. The Hall–Kier alpha value is -1.59. The normalized spacial score (nSPS) is 12.4. The molecule has 0 aliphatic rings. The Labute approximate surface area is 457 Å². The van der Waals surface area contributed by atoms with Crippen LogP contribution in [0.1, 0.15) is 381 Å². The van der Waals surface area contributed by atoms with Crippen LogP contribution in [0.4, 0.5) is 0 Å². The van der Waals surface area contributed by atoms with Crippen LogP contribution in [0.15, 0.2) is 0 Å². The lowest BCUT2D eigenvalue weighted by Crippen LogP contribution is -2.30. The van der Waals surface area contributed by atoms with Crippen LogP contribution in [0.3, 0.4) is 0 Å². The molecular weight excluding hydrogens is 901 g/mol. The third-order valence-corrected chi connectivity index (χ3v) is 15.8. The molecule has 0 bridgehead atoms. The molecule has 0 radical (unpaired) electrons. The van der Waals surface area contributed by atoms with Gasteiger partial charge in [0, 0.05) is 19.3 Å². The van der Waals surface area contributed by atoms with Gasteiger partial charge in [0.15, 0.2) is 6.10 Å². The van der Waals surface area contributed by atoms with Gasteiger partial charge in [0.1, 0.15) is 13.2 Å². The van der Waals surface area contributed by atoms with Crippen LogP contribution in [-0.4, -0.2) is 37.2 Å². The first-order valence-electron chi connectivity index (χ1n) is 33.3. The fraction of sp³-hybridized carbons (Fsp3) is 0.955. The molecule has 0 N–H and O–H groups in total. The molecule has 73 heavy (non-hydrogen) atoms. The largest absolute Gasteiger partial charge is 0.462 e. The number of rotatable bonds is 61. The molecule has 0 amide bonds. The second-order valence-corrected chi connectivity index (χ2v) is 23.8. The van der Waals surface area contributed by atoms with E-state index in [0.717, 1.165) is 69.6 Å². The zero-order valence-corrected chi connectivity index (χ0v) is 50.3. The number of unbranched alkanes of at least 4 members (excludes halogenated alkanes) is 45. The average molecular weight is 1030 g/mol. The summed E-state index contributed by atoms with van der Waals surface area (Å²) in [5.74, 6) is 0.915. The standard InChI is InChI=1S/C67H130O6/c1-6-8-9-10-11-12-13-14-15-16-20-24-27-34-39-44-49-54-59-67(70)73-64(61-72-66(69)58-53-48-43-38-33-29-28-30-35-40-45-50-55-62(3)4)60-71-65(68)57-52-47-42-37-32-26-23-21-18-17-19-22-25-31-36-41-46-51-56-63(5)7-2/h62-64H,6-61H2,1-5H3/t63?,64-/m1/s1. The highest BCUT2D eigenvalue weighted by Crippen LogP contribution is 2.20. The van der Waals surface area contributed by atoms with Crippen molar-refractivity contribution in [3.05, 3.63) is 0 Å². The Morgan fingerprint density at radius 2 is 0.521 bits per heavy atom. The molecule has 0 fully saturated rings. The predicted octanol–water partition coefficient (Wildman–Crippen LogP) is 22.4. The van der Waals surface area contributed by atoms with E-state index in [1.807, 2.05) is 0 Å². The van der Waals surface area contributed by atoms with Gasteiger partial charge in [0.05, 0.1) is 0 Å². The van der Waals surface area contributed by atoms with Gasteiger partial charge in [-0.1, -0.05) is 343 Å². The van der Waals surface area contributed by atoms with E-state index in [9.17, 15) is 14.4 Å². The van der Waals surface area contributed by atoms with Gasteiger partial charge in [-0.25, -0.2) is 0 Å². The molecule has 0 heterocycles. The summed E-state index contributed by atoms with van der Waals surface area (Å²) in [5, 5.41) is 0. The second-order valence-electron chi connectivity index (χ2n) is 23.8. The summed E-state index contributed by atoms with van der Waals surface area (Å²) < 4.78 is 17.0. The van der Waals surface area contributed by atoms with Crippen molar-refractivity contribution in [1.29, 1.82) is 0 Å². The van der Waals surface area contributed by atoms with E-state index in [2.05, 4.69) is 34.6 Å². The van der Waals surface area contributed by atoms with E-state index < -0.39 is 6.10 Å². The van der Waals surface area contributed by atoms with Gasteiger partial charge in [-0.15, -0.1) is 0 Å². The lowest BCUT2D eigenvalue weighted by Gasteiger charge is -2.18. The lowest BCUT2D eigenvalue weighted by atomic mass is 9.99. The Balaban J connectivity index is 4.26. The van der Waals surface area contributed by atoms with Crippen LogP contribution in [0.2, 0.25) is 0 Å². The Morgan fingerprint density at radius 1 is 0.288 bits per heavy atom. The molecular formula is C67H130O6. The zero-order chi connectivity index (χ0) is 53.2. The minimum absolute atomic E-state index is 0.0617. The van der Waals surface area contributed by atoms with Crippen molar-refractivity contribution >= 4 is 17.9 Å². The molecule has 0 aliphatic heterocycles. The van der Waals surface area contributed by atoms with Crippen LogP contribution >= 0.6 is 0 Å². The number of esters is 3. The van der Waals surface area contributed by atoms with Gasteiger partial charge in [-0.2, -0.15) is 0 Å². The minimum atomic E-state index is -0.764. The zero-order valence-electron chi connectivity index (χ0n) is 50.3. The first kappa shape index (κ1) is 71.4. The molecule has 1 unspecified atom stereocenters. The maximum absolute atomic E-state index is 12.9. The third kappa shape index (κ3) is 59.5. The van der Waals surface area contributed by atoms with Crippen molar-refractivity contribution in [2.24, 2.45) is 11.8 Å². The first-order valence-corrected chi connectivity index (χ1v) is 33.3. The Morgan fingerprint density at radius 3 is 0.781 bits per heavy atom. The van der Waals surface area contributed by atoms with Crippen molar-refractivity contribution in [2.75, 3.05) is 13.2 Å². The summed E-state index contributed by atoms with van der Waals surface area (Å²) >= 11 is 0. The maximum Gasteiger partial charge on any atom is 0.306 e. The van der Waals surface area contributed by atoms with Gasteiger partial charge in [-0.3, -0.25) is 14.4 Å². The van der Waals surface area contributed by atoms with Crippen molar-refractivity contribution in [2.45, 2.75) is 387 Å². The van der Waals surface area contributed by atoms with Gasteiger partial charge >= 0.3 is 17.9 Å². The molecule has 0 aromatic heterocycles. The fourth-order valence-corrected chi connectivity index (χ4v) is 10.4. The van der Waals surface area contributed by atoms with Gasteiger partial charge in [0.2, 0.25) is 0 Å². The number of hydrogen-bond donors (Lipinski definition) is 0. The summed E-state index contributed by atoms with van der Waals surface area (Å²) in [6, 6.07) is 0. The highest BCUT2D eigenvalue weighted by molar-refractivity contribution is 5.71. The molecule has 6 heteroatoms. The lowest BCUT2D eigenvalue weighted by molar-refractivity contribution is -0.167. The summed E-state index contributed by atoms with van der Waals surface area (Å²) in [6.45, 7) is 11.5. The van der Waals surface area contributed by atoms with Crippen molar-refractivity contribution < 1.29 is 28.6 Å². The predicted molar refractivity (Wildman–Crippen MR) is 316 cm³/mol. The quantitative estimate of drug-likeness (QED) is 0.0343. The number of hydrogen-bond acceptors (Lipinski definition) is 6.